The van der Waals surface area contributed by atoms with E-state index in [9.17, 15) is 13.2 Å². The average molecular weight is 429 g/mol. The number of rotatable bonds is 7. The molecule has 3 rings (SSSR count). The molecule has 8 nitrogen and oxygen atoms in total. The van der Waals surface area contributed by atoms with Crippen molar-refractivity contribution >= 4 is 21.6 Å². The molecule has 0 aliphatic carbocycles. The zero-order valence-corrected chi connectivity index (χ0v) is 18.1. The lowest BCUT2D eigenvalue weighted by atomic mass is 10.1. The first kappa shape index (κ1) is 21.5. The van der Waals surface area contributed by atoms with Gasteiger partial charge in [-0.25, -0.2) is 8.42 Å². The van der Waals surface area contributed by atoms with Gasteiger partial charge in [0.15, 0.2) is 0 Å². The van der Waals surface area contributed by atoms with Crippen LogP contribution in [0.3, 0.4) is 0 Å². The van der Waals surface area contributed by atoms with Gasteiger partial charge in [0.2, 0.25) is 27.6 Å². The fraction of sp³-hybridized carbons (Fsp3) is 0.286. The number of carbonyl (C=O) groups excluding carboxylic acids is 1. The van der Waals surface area contributed by atoms with Crippen LogP contribution in [0.15, 0.2) is 59.1 Å². The predicted molar refractivity (Wildman–Crippen MR) is 114 cm³/mol. The number of nitrogens with zero attached hydrogens (tertiary/aromatic N) is 4. The van der Waals surface area contributed by atoms with E-state index in [1.54, 1.807) is 44.3 Å². The van der Waals surface area contributed by atoms with Gasteiger partial charge < -0.3 is 9.42 Å². The number of likely N-dealkylation sites (N-methyl/N-ethyl adjacent to an activating group) is 1. The number of anilines is 1. The Hall–Kier alpha value is -3.20. The molecule has 30 heavy (non-hydrogen) atoms. The maximum atomic E-state index is 13.0. The Morgan fingerprint density at radius 2 is 1.83 bits per heavy atom. The predicted octanol–water partition coefficient (Wildman–Crippen LogP) is 2.86. The molecule has 1 heterocycles. The summed E-state index contributed by atoms with van der Waals surface area (Å²) in [7, 11) is -2.10. The van der Waals surface area contributed by atoms with Gasteiger partial charge in [0.1, 0.15) is 6.04 Å². The summed E-state index contributed by atoms with van der Waals surface area (Å²) < 4.78 is 31.1. The molecule has 0 aliphatic rings. The summed E-state index contributed by atoms with van der Waals surface area (Å²) in [6.07, 6.45) is 1.08. The van der Waals surface area contributed by atoms with Crippen molar-refractivity contribution in [3.8, 4) is 11.4 Å². The second-order valence-corrected chi connectivity index (χ2v) is 9.01. The fourth-order valence-corrected chi connectivity index (χ4v) is 4.37. The highest BCUT2D eigenvalue weighted by Gasteiger charge is 2.31. The molecule has 9 heteroatoms. The molecule has 1 unspecified atom stereocenters. The van der Waals surface area contributed by atoms with Crippen molar-refractivity contribution in [2.24, 2.45) is 0 Å². The van der Waals surface area contributed by atoms with E-state index in [0.717, 1.165) is 21.7 Å². The van der Waals surface area contributed by atoms with Gasteiger partial charge in [-0.2, -0.15) is 4.98 Å². The van der Waals surface area contributed by atoms with Crippen molar-refractivity contribution in [2.45, 2.75) is 26.4 Å². The lowest BCUT2D eigenvalue weighted by Gasteiger charge is -2.30. The van der Waals surface area contributed by atoms with E-state index < -0.39 is 16.1 Å². The topological polar surface area (TPSA) is 96.6 Å². The van der Waals surface area contributed by atoms with Gasteiger partial charge in [-0.1, -0.05) is 47.1 Å². The lowest BCUT2D eigenvalue weighted by Crippen LogP contribution is -2.48. The molecule has 0 saturated heterocycles. The highest BCUT2D eigenvalue weighted by molar-refractivity contribution is 7.92. The fourth-order valence-electron chi connectivity index (χ4n) is 3.20. The zero-order valence-electron chi connectivity index (χ0n) is 17.3. The highest BCUT2D eigenvalue weighted by atomic mass is 32.2. The first-order valence-electron chi connectivity index (χ1n) is 9.36. The molecule has 0 N–H and O–H groups in total. The Bertz CT molecular complexity index is 1130. The number of carbonyl (C=O) groups is 1. The van der Waals surface area contributed by atoms with Gasteiger partial charge in [0.25, 0.3) is 0 Å². The quantitative estimate of drug-likeness (QED) is 0.574. The number of hydrogen-bond donors (Lipinski definition) is 0. The molecule has 0 fully saturated rings. The van der Waals surface area contributed by atoms with Crippen LogP contribution in [0, 0.1) is 6.92 Å². The minimum Gasteiger partial charge on any atom is -0.337 e. The second kappa shape index (κ2) is 8.66. The number of hydrogen-bond acceptors (Lipinski definition) is 6. The van der Waals surface area contributed by atoms with E-state index >= 15 is 0 Å². The summed E-state index contributed by atoms with van der Waals surface area (Å²) in [4.78, 5) is 18.7. The molecule has 1 atom stereocenters. The normalized spacial score (nSPS) is 12.4. The number of aryl methyl sites for hydroxylation is 1. The van der Waals surface area contributed by atoms with Gasteiger partial charge in [0, 0.05) is 12.6 Å². The van der Waals surface area contributed by atoms with Crippen LogP contribution in [0.2, 0.25) is 0 Å². The largest absolute Gasteiger partial charge is 0.337 e. The van der Waals surface area contributed by atoms with Crippen LogP contribution in [0.1, 0.15) is 18.4 Å². The highest BCUT2D eigenvalue weighted by Crippen LogP contribution is 2.22. The minimum absolute atomic E-state index is 0.0639. The van der Waals surface area contributed by atoms with Crippen molar-refractivity contribution in [3.05, 3.63) is 66.1 Å². The summed E-state index contributed by atoms with van der Waals surface area (Å²) in [6.45, 7) is 3.59. The van der Waals surface area contributed by atoms with E-state index in [0.29, 0.717) is 11.5 Å². The van der Waals surface area contributed by atoms with Crippen LogP contribution >= 0.6 is 0 Å². The Labute approximate surface area is 176 Å². The molecule has 0 radical (unpaired) electrons. The van der Waals surface area contributed by atoms with Gasteiger partial charge in [-0.15, -0.1) is 0 Å². The second-order valence-electron chi connectivity index (χ2n) is 7.15. The van der Waals surface area contributed by atoms with Crippen LogP contribution in [-0.2, 0) is 21.4 Å². The molecule has 2 aromatic carbocycles. The standard InChI is InChI=1S/C21H24N4O4S/c1-15-9-8-10-17(13-15)20-22-19(29-23-20)14-24(3)21(26)16(2)25(30(4,27)28)18-11-6-5-7-12-18/h5-13,16H,14H2,1-4H3. The van der Waals surface area contributed by atoms with E-state index in [1.165, 1.54) is 4.90 Å². The smallest absolute Gasteiger partial charge is 0.246 e. The molecule has 3 aromatic rings. The maximum absolute atomic E-state index is 13.0. The van der Waals surface area contributed by atoms with Crippen LogP contribution in [0.25, 0.3) is 11.4 Å². The third kappa shape index (κ3) is 4.85. The first-order chi connectivity index (χ1) is 14.2. The summed E-state index contributed by atoms with van der Waals surface area (Å²) in [5.74, 6) is 0.310. The van der Waals surface area contributed by atoms with Gasteiger partial charge in [0.05, 0.1) is 18.5 Å². The Balaban J connectivity index is 1.76. The number of para-hydroxylation sites is 1. The van der Waals surface area contributed by atoms with E-state index in [2.05, 4.69) is 10.1 Å². The Morgan fingerprint density at radius 1 is 1.13 bits per heavy atom. The molecular weight excluding hydrogens is 404 g/mol. The third-order valence-electron chi connectivity index (χ3n) is 4.57. The number of amides is 1. The lowest BCUT2D eigenvalue weighted by molar-refractivity contribution is -0.131. The molecule has 158 valence electrons. The SMILES string of the molecule is Cc1cccc(-c2noc(CN(C)C(=O)C(C)N(c3ccccc3)S(C)(=O)=O)n2)c1. The Kier molecular flexibility index (Phi) is 6.21. The van der Waals surface area contributed by atoms with E-state index in [4.69, 9.17) is 4.52 Å². The molecule has 0 bridgehead atoms. The van der Waals surface area contributed by atoms with Crippen LogP contribution < -0.4 is 4.31 Å². The van der Waals surface area contributed by atoms with Gasteiger partial charge in [-0.3, -0.25) is 9.10 Å². The van der Waals surface area contributed by atoms with Crippen LogP contribution in [0.4, 0.5) is 5.69 Å². The van der Waals surface area contributed by atoms with Crippen molar-refractivity contribution in [3.63, 3.8) is 0 Å². The Morgan fingerprint density at radius 3 is 2.47 bits per heavy atom. The molecule has 0 saturated carbocycles. The molecular formula is C21H24N4O4S. The van der Waals surface area contributed by atoms with Gasteiger partial charge in [-0.05, 0) is 32.0 Å². The van der Waals surface area contributed by atoms with E-state index in [-0.39, 0.29) is 18.3 Å². The van der Waals surface area contributed by atoms with E-state index in [1.807, 2.05) is 31.2 Å². The van der Waals surface area contributed by atoms with Crippen molar-refractivity contribution < 1.29 is 17.7 Å². The monoisotopic (exact) mass is 428 g/mol. The number of sulfonamides is 1. The summed E-state index contributed by atoms with van der Waals surface area (Å²) in [5.41, 5.74) is 2.31. The maximum Gasteiger partial charge on any atom is 0.246 e. The van der Waals surface area contributed by atoms with Crippen LogP contribution in [-0.4, -0.2) is 48.7 Å². The minimum atomic E-state index is -3.67. The molecule has 0 spiro atoms. The van der Waals surface area contributed by atoms with Crippen molar-refractivity contribution in [2.75, 3.05) is 17.6 Å². The zero-order chi connectivity index (χ0) is 21.9. The summed E-state index contributed by atoms with van der Waals surface area (Å²) >= 11 is 0. The van der Waals surface area contributed by atoms with Crippen molar-refractivity contribution in [1.29, 1.82) is 0 Å². The molecule has 1 aromatic heterocycles. The number of aromatic nitrogens is 2. The number of benzene rings is 2. The van der Waals surface area contributed by atoms with Crippen molar-refractivity contribution in [1.82, 2.24) is 15.0 Å². The van der Waals surface area contributed by atoms with Crippen LogP contribution in [0.5, 0.6) is 0 Å². The average Bonchev–Trinajstić information content (AvgIpc) is 3.15. The molecule has 1 amide bonds. The first-order valence-corrected chi connectivity index (χ1v) is 11.2. The van der Waals surface area contributed by atoms with Gasteiger partial charge >= 0.3 is 0 Å². The third-order valence-corrected chi connectivity index (χ3v) is 5.81. The summed E-state index contributed by atoms with van der Waals surface area (Å²) in [5, 5.41) is 3.98. The summed E-state index contributed by atoms with van der Waals surface area (Å²) in [6, 6.07) is 15.3. The molecule has 0 aliphatic heterocycles.